The van der Waals surface area contributed by atoms with Crippen molar-refractivity contribution in [2.45, 2.75) is 45.6 Å². The zero-order chi connectivity index (χ0) is 19.4. The number of piperidine rings is 1. The van der Waals surface area contributed by atoms with Crippen LogP contribution in [0.1, 0.15) is 54.4 Å². The van der Waals surface area contributed by atoms with Crippen molar-refractivity contribution in [3.8, 4) is 0 Å². The van der Waals surface area contributed by atoms with Crippen molar-refractivity contribution in [1.82, 2.24) is 10.2 Å². The maximum Gasteiger partial charge on any atom is 0.263 e. The molecule has 1 aromatic heterocycles. The third-order valence-corrected chi connectivity index (χ3v) is 6.03. The fourth-order valence-corrected chi connectivity index (χ4v) is 4.05. The van der Waals surface area contributed by atoms with Crippen molar-refractivity contribution < 1.29 is 9.59 Å². The Morgan fingerprint density at radius 2 is 1.78 bits per heavy atom. The fourth-order valence-electron chi connectivity index (χ4n) is 3.36. The fraction of sp³-hybridized carbons (Fsp3) is 0.455. The van der Waals surface area contributed by atoms with Crippen LogP contribution in [0, 0.1) is 5.92 Å². The van der Waals surface area contributed by atoms with Crippen LogP contribution in [-0.4, -0.2) is 29.8 Å². The number of benzene rings is 1. The Bertz CT molecular complexity index is 768. The van der Waals surface area contributed by atoms with E-state index in [0.717, 1.165) is 23.3 Å². The van der Waals surface area contributed by atoms with E-state index in [1.165, 1.54) is 16.9 Å². The number of nitrogens with zero attached hydrogens (tertiary/aromatic N) is 1. The standard InChI is InChI=1S/C22H28N2O2S/c1-22(2,3)18-8-6-16(7-9-18)15-23-20(25)17-10-12-24(13-11-17)21(26)19-5-4-14-27-19/h4-9,14,17H,10-13,15H2,1-3H3,(H,23,25). The van der Waals surface area contributed by atoms with Gasteiger partial charge in [0.1, 0.15) is 0 Å². The molecule has 2 aromatic rings. The predicted molar refractivity (Wildman–Crippen MR) is 110 cm³/mol. The van der Waals surface area contributed by atoms with Gasteiger partial charge in [-0.15, -0.1) is 11.3 Å². The van der Waals surface area contributed by atoms with Crippen LogP contribution < -0.4 is 5.32 Å². The minimum absolute atomic E-state index is 0.00812. The highest BCUT2D eigenvalue weighted by molar-refractivity contribution is 7.12. The molecule has 0 bridgehead atoms. The third kappa shape index (κ3) is 4.98. The lowest BCUT2D eigenvalue weighted by Crippen LogP contribution is -2.42. The Balaban J connectivity index is 1.46. The molecule has 144 valence electrons. The number of nitrogens with one attached hydrogen (secondary N) is 1. The van der Waals surface area contributed by atoms with Gasteiger partial charge < -0.3 is 10.2 Å². The summed E-state index contributed by atoms with van der Waals surface area (Å²) in [6.07, 6.45) is 1.46. The third-order valence-electron chi connectivity index (χ3n) is 5.17. The first kappa shape index (κ1) is 19.6. The molecule has 0 spiro atoms. The van der Waals surface area contributed by atoms with E-state index in [2.05, 4.69) is 50.4 Å². The summed E-state index contributed by atoms with van der Waals surface area (Å²) in [6.45, 7) is 8.43. The van der Waals surface area contributed by atoms with E-state index >= 15 is 0 Å². The summed E-state index contributed by atoms with van der Waals surface area (Å²) in [5.41, 5.74) is 2.54. The van der Waals surface area contributed by atoms with E-state index in [1.807, 2.05) is 22.4 Å². The Morgan fingerprint density at radius 1 is 1.11 bits per heavy atom. The van der Waals surface area contributed by atoms with E-state index in [-0.39, 0.29) is 23.1 Å². The van der Waals surface area contributed by atoms with Crippen LogP contribution in [0.3, 0.4) is 0 Å². The largest absolute Gasteiger partial charge is 0.352 e. The zero-order valence-corrected chi connectivity index (χ0v) is 17.1. The SMILES string of the molecule is CC(C)(C)c1ccc(CNC(=O)C2CCN(C(=O)c3cccs3)CC2)cc1. The number of likely N-dealkylation sites (tertiary alicyclic amines) is 1. The van der Waals surface area contributed by atoms with Crippen LogP contribution in [0.2, 0.25) is 0 Å². The van der Waals surface area contributed by atoms with Crippen LogP contribution in [0.15, 0.2) is 41.8 Å². The van der Waals surface area contributed by atoms with E-state index in [0.29, 0.717) is 19.6 Å². The maximum atomic E-state index is 12.5. The molecule has 2 amide bonds. The summed E-state index contributed by atoms with van der Waals surface area (Å²) in [5.74, 6) is 0.173. The van der Waals surface area contributed by atoms with Gasteiger partial charge in [-0.2, -0.15) is 0 Å². The molecule has 0 saturated carbocycles. The van der Waals surface area contributed by atoms with Crippen molar-refractivity contribution in [2.75, 3.05) is 13.1 Å². The van der Waals surface area contributed by atoms with Gasteiger partial charge in [0, 0.05) is 25.6 Å². The number of carbonyl (C=O) groups excluding carboxylic acids is 2. The van der Waals surface area contributed by atoms with Crippen LogP contribution in [0.25, 0.3) is 0 Å². The van der Waals surface area contributed by atoms with E-state index < -0.39 is 0 Å². The zero-order valence-electron chi connectivity index (χ0n) is 16.3. The average molecular weight is 385 g/mol. The van der Waals surface area contributed by atoms with Gasteiger partial charge in [0.2, 0.25) is 5.91 Å². The first-order chi connectivity index (χ1) is 12.8. The number of thiophene rings is 1. The van der Waals surface area contributed by atoms with E-state index in [9.17, 15) is 9.59 Å². The van der Waals surface area contributed by atoms with Gasteiger partial charge in [0.05, 0.1) is 4.88 Å². The lowest BCUT2D eigenvalue weighted by atomic mass is 9.87. The number of carbonyl (C=O) groups is 2. The molecule has 1 saturated heterocycles. The van der Waals surface area contributed by atoms with Crippen LogP contribution in [0.5, 0.6) is 0 Å². The molecule has 3 rings (SSSR count). The molecule has 5 heteroatoms. The van der Waals surface area contributed by atoms with Crippen molar-refractivity contribution in [3.63, 3.8) is 0 Å². The minimum Gasteiger partial charge on any atom is -0.352 e. The molecule has 0 aliphatic carbocycles. The average Bonchev–Trinajstić information content (AvgIpc) is 3.20. The van der Waals surface area contributed by atoms with E-state index in [1.54, 1.807) is 0 Å². The van der Waals surface area contributed by atoms with Crippen LogP contribution >= 0.6 is 11.3 Å². The number of amides is 2. The Kier molecular flexibility index (Phi) is 6.00. The normalized spacial score (nSPS) is 15.6. The number of rotatable bonds is 4. The molecule has 1 aliphatic heterocycles. The highest BCUT2D eigenvalue weighted by Crippen LogP contribution is 2.23. The molecule has 1 aliphatic rings. The number of hydrogen-bond donors (Lipinski definition) is 1. The van der Waals surface area contributed by atoms with E-state index in [4.69, 9.17) is 0 Å². The molecule has 4 nitrogen and oxygen atoms in total. The van der Waals surface area contributed by atoms with Gasteiger partial charge in [-0.25, -0.2) is 0 Å². The summed E-state index contributed by atoms with van der Waals surface area (Å²) in [4.78, 5) is 27.5. The molecule has 2 heterocycles. The summed E-state index contributed by atoms with van der Waals surface area (Å²) in [7, 11) is 0. The number of hydrogen-bond acceptors (Lipinski definition) is 3. The van der Waals surface area contributed by atoms with Gasteiger partial charge in [-0.05, 0) is 40.8 Å². The quantitative estimate of drug-likeness (QED) is 0.858. The molecule has 0 radical (unpaired) electrons. The predicted octanol–water partition coefficient (Wildman–Crippen LogP) is 4.21. The molecular weight excluding hydrogens is 356 g/mol. The Hall–Kier alpha value is -2.14. The highest BCUT2D eigenvalue weighted by atomic mass is 32.1. The Morgan fingerprint density at radius 3 is 2.33 bits per heavy atom. The molecule has 1 N–H and O–H groups in total. The van der Waals surface area contributed by atoms with Crippen molar-refractivity contribution in [3.05, 3.63) is 57.8 Å². The summed E-state index contributed by atoms with van der Waals surface area (Å²) < 4.78 is 0. The summed E-state index contributed by atoms with van der Waals surface area (Å²) in [6, 6.07) is 12.2. The minimum atomic E-state index is -0.00812. The summed E-state index contributed by atoms with van der Waals surface area (Å²) in [5, 5.41) is 4.98. The monoisotopic (exact) mass is 384 g/mol. The molecule has 0 atom stereocenters. The van der Waals surface area contributed by atoms with Gasteiger partial charge in [0.25, 0.3) is 5.91 Å². The molecule has 27 heavy (non-hydrogen) atoms. The molecule has 1 aromatic carbocycles. The molecular formula is C22H28N2O2S. The first-order valence-corrected chi connectivity index (χ1v) is 10.4. The van der Waals surface area contributed by atoms with Gasteiger partial charge >= 0.3 is 0 Å². The van der Waals surface area contributed by atoms with Gasteiger partial charge in [-0.3, -0.25) is 9.59 Å². The van der Waals surface area contributed by atoms with Gasteiger partial charge in [0.15, 0.2) is 0 Å². The lowest BCUT2D eigenvalue weighted by Gasteiger charge is -2.31. The Labute approximate surface area is 165 Å². The first-order valence-electron chi connectivity index (χ1n) is 9.54. The van der Waals surface area contributed by atoms with Crippen molar-refractivity contribution >= 4 is 23.2 Å². The maximum absolute atomic E-state index is 12.5. The second-order valence-electron chi connectivity index (χ2n) is 8.21. The van der Waals surface area contributed by atoms with Gasteiger partial charge in [-0.1, -0.05) is 51.1 Å². The second kappa shape index (κ2) is 8.26. The molecule has 1 fully saturated rings. The van der Waals surface area contributed by atoms with Crippen molar-refractivity contribution in [2.24, 2.45) is 5.92 Å². The topological polar surface area (TPSA) is 49.4 Å². The molecule has 0 unspecified atom stereocenters. The lowest BCUT2D eigenvalue weighted by molar-refractivity contribution is -0.126. The highest BCUT2D eigenvalue weighted by Gasteiger charge is 2.28. The van der Waals surface area contributed by atoms with Crippen LogP contribution in [0.4, 0.5) is 0 Å². The second-order valence-corrected chi connectivity index (χ2v) is 9.16. The summed E-state index contributed by atoms with van der Waals surface area (Å²) >= 11 is 1.47. The van der Waals surface area contributed by atoms with Crippen molar-refractivity contribution in [1.29, 1.82) is 0 Å². The smallest absolute Gasteiger partial charge is 0.263 e. The van der Waals surface area contributed by atoms with Crippen LogP contribution in [-0.2, 0) is 16.8 Å².